The second-order valence-corrected chi connectivity index (χ2v) is 5.46. The highest BCUT2D eigenvalue weighted by atomic mass is 16.4. The molecule has 0 amide bonds. The van der Waals surface area contributed by atoms with Crippen LogP contribution < -0.4 is 0 Å². The zero-order valence-corrected chi connectivity index (χ0v) is 9.69. The number of carboxylic acids is 1. The van der Waals surface area contributed by atoms with Crippen molar-refractivity contribution >= 4 is 5.97 Å². The second-order valence-electron chi connectivity index (χ2n) is 5.46. The van der Waals surface area contributed by atoms with E-state index in [4.69, 9.17) is 0 Å². The topological polar surface area (TPSA) is 43.8 Å². The molecular formula is C12H20N2O2. The van der Waals surface area contributed by atoms with Crippen LogP contribution in [-0.4, -0.2) is 59.1 Å². The average molecular weight is 224 g/mol. The maximum absolute atomic E-state index is 11.8. The van der Waals surface area contributed by atoms with Crippen molar-refractivity contribution in [3.63, 3.8) is 0 Å². The molecule has 90 valence electrons. The third kappa shape index (κ3) is 1.32. The summed E-state index contributed by atoms with van der Waals surface area (Å²) >= 11 is 0. The molecule has 0 aliphatic carbocycles. The van der Waals surface area contributed by atoms with E-state index in [1.165, 1.54) is 12.8 Å². The number of aliphatic carboxylic acids is 1. The predicted molar refractivity (Wildman–Crippen MR) is 60.3 cm³/mol. The van der Waals surface area contributed by atoms with Crippen LogP contribution in [-0.2, 0) is 4.79 Å². The smallest absolute Gasteiger partial charge is 0.324 e. The van der Waals surface area contributed by atoms with Crippen LogP contribution in [0, 0.1) is 5.92 Å². The van der Waals surface area contributed by atoms with Crippen LogP contribution in [0.25, 0.3) is 0 Å². The second kappa shape index (κ2) is 3.70. The van der Waals surface area contributed by atoms with E-state index in [2.05, 4.69) is 9.80 Å². The van der Waals surface area contributed by atoms with Crippen molar-refractivity contribution in [1.29, 1.82) is 0 Å². The number of piperidine rings is 1. The molecule has 4 heteroatoms. The lowest BCUT2D eigenvalue weighted by molar-refractivity contribution is -0.157. The number of nitrogens with zero attached hydrogens (tertiary/aromatic N) is 2. The Morgan fingerprint density at radius 1 is 1.19 bits per heavy atom. The molecule has 3 aliphatic heterocycles. The quantitative estimate of drug-likeness (QED) is 0.747. The molecule has 3 fully saturated rings. The van der Waals surface area contributed by atoms with Crippen molar-refractivity contribution in [3.05, 3.63) is 0 Å². The summed E-state index contributed by atoms with van der Waals surface area (Å²) in [6.45, 7) is 5.06. The number of rotatable bonds is 2. The predicted octanol–water partition coefficient (Wildman–Crippen LogP) is 0.631. The SMILES string of the molecule is O=C(O)C1(N2CCCC2)CCN2CCC1C2. The van der Waals surface area contributed by atoms with Crippen molar-refractivity contribution < 1.29 is 9.90 Å². The molecule has 0 spiro atoms. The number of fused-ring (bicyclic) bond motifs is 2. The molecule has 0 aromatic carbocycles. The van der Waals surface area contributed by atoms with Crippen molar-refractivity contribution in [2.24, 2.45) is 5.92 Å². The van der Waals surface area contributed by atoms with Crippen molar-refractivity contribution in [3.8, 4) is 0 Å². The zero-order valence-electron chi connectivity index (χ0n) is 9.69. The minimum Gasteiger partial charge on any atom is -0.480 e. The summed E-state index contributed by atoms with van der Waals surface area (Å²) in [7, 11) is 0. The van der Waals surface area contributed by atoms with Crippen LogP contribution in [0.15, 0.2) is 0 Å². The minimum absolute atomic E-state index is 0.358. The number of carboxylic acid groups (broad SMARTS) is 1. The largest absolute Gasteiger partial charge is 0.480 e. The van der Waals surface area contributed by atoms with Gasteiger partial charge in [0.05, 0.1) is 0 Å². The first-order valence-corrected chi connectivity index (χ1v) is 6.44. The Bertz CT molecular complexity index is 297. The summed E-state index contributed by atoms with van der Waals surface area (Å²) in [5.74, 6) is -0.210. The van der Waals surface area contributed by atoms with Crippen LogP contribution >= 0.6 is 0 Å². The Morgan fingerprint density at radius 3 is 2.62 bits per heavy atom. The van der Waals surface area contributed by atoms with E-state index in [0.717, 1.165) is 45.6 Å². The summed E-state index contributed by atoms with van der Waals surface area (Å²) in [6, 6.07) is 0. The van der Waals surface area contributed by atoms with Gasteiger partial charge in [-0.1, -0.05) is 0 Å². The fourth-order valence-electron chi connectivity index (χ4n) is 3.91. The summed E-state index contributed by atoms with van der Waals surface area (Å²) in [6.07, 6.45) is 4.24. The molecule has 1 N–H and O–H groups in total. The molecule has 3 unspecified atom stereocenters. The summed E-state index contributed by atoms with van der Waals surface area (Å²) in [5, 5.41) is 9.71. The third-order valence-corrected chi connectivity index (χ3v) is 4.80. The van der Waals surface area contributed by atoms with Crippen LogP contribution in [0.5, 0.6) is 0 Å². The van der Waals surface area contributed by atoms with Gasteiger partial charge in [-0.25, -0.2) is 0 Å². The van der Waals surface area contributed by atoms with Crippen molar-refractivity contribution in [1.82, 2.24) is 9.80 Å². The number of hydrogen-bond donors (Lipinski definition) is 1. The van der Waals surface area contributed by atoms with Gasteiger partial charge in [-0.15, -0.1) is 0 Å². The monoisotopic (exact) mass is 224 g/mol. The molecule has 3 rings (SSSR count). The first kappa shape index (κ1) is 10.5. The van der Waals surface area contributed by atoms with E-state index in [1.54, 1.807) is 0 Å². The molecule has 0 aromatic rings. The van der Waals surface area contributed by atoms with Crippen molar-refractivity contribution in [2.75, 3.05) is 32.7 Å². The molecule has 0 radical (unpaired) electrons. The van der Waals surface area contributed by atoms with Gasteiger partial charge >= 0.3 is 5.97 Å². The molecule has 3 saturated heterocycles. The highest BCUT2D eigenvalue weighted by molar-refractivity contribution is 5.79. The lowest BCUT2D eigenvalue weighted by atomic mass is 9.77. The van der Waals surface area contributed by atoms with Crippen LogP contribution in [0.3, 0.4) is 0 Å². The van der Waals surface area contributed by atoms with Gasteiger partial charge in [0.25, 0.3) is 0 Å². The lowest BCUT2D eigenvalue weighted by Gasteiger charge is -2.45. The Morgan fingerprint density at radius 2 is 1.94 bits per heavy atom. The molecule has 3 aliphatic rings. The van der Waals surface area contributed by atoms with Crippen LogP contribution in [0.1, 0.15) is 25.7 Å². The molecule has 0 saturated carbocycles. The van der Waals surface area contributed by atoms with Gasteiger partial charge in [0.1, 0.15) is 5.54 Å². The van der Waals surface area contributed by atoms with Crippen LogP contribution in [0.4, 0.5) is 0 Å². The van der Waals surface area contributed by atoms with Crippen molar-refractivity contribution in [2.45, 2.75) is 31.2 Å². The highest BCUT2D eigenvalue weighted by Crippen LogP contribution is 2.41. The van der Waals surface area contributed by atoms with Gasteiger partial charge in [0.2, 0.25) is 0 Å². The fraction of sp³-hybridized carbons (Fsp3) is 0.917. The first-order valence-electron chi connectivity index (χ1n) is 6.44. The number of carbonyl (C=O) groups is 1. The summed E-state index contributed by atoms with van der Waals surface area (Å²) in [5.41, 5.74) is -0.524. The van der Waals surface area contributed by atoms with E-state index < -0.39 is 11.5 Å². The maximum Gasteiger partial charge on any atom is 0.324 e. The Hall–Kier alpha value is -0.610. The third-order valence-electron chi connectivity index (χ3n) is 4.80. The van der Waals surface area contributed by atoms with Gasteiger partial charge in [0, 0.05) is 19.0 Å². The van der Waals surface area contributed by atoms with E-state index in [-0.39, 0.29) is 0 Å². The number of likely N-dealkylation sites (tertiary alicyclic amines) is 1. The van der Waals surface area contributed by atoms with Gasteiger partial charge in [0.15, 0.2) is 0 Å². The standard InChI is InChI=1S/C12H20N2O2/c15-11(16)12(14-5-1-2-6-14)4-8-13-7-3-10(12)9-13/h10H,1-9H2,(H,15,16). The fourth-order valence-corrected chi connectivity index (χ4v) is 3.91. The van der Waals surface area contributed by atoms with E-state index >= 15 is 0 Å². The molecule has 3 atom stereocenters. The molecule has 3 heterocycles. The Labute approximate surface area is 96.2 Å². The number of hydrogen-bond acceptors (Lipinski definition) is 3. The minimum atomic E-state index is -0.569. The van der Waals surface area contributed by atoms with E-state index in [9.17, 15) is 9.90 Å². The van der Waals surface area contributed by atoms with E-state index in [1.807, 2.05) is 0 Å². The Kier molecular flexibility index (Phi) is 2.44. The summed E-state index contributed by atoms with van der Waals surface area (Å²) in [4.78, 5) is 16.5. The van der Waals surface area contributed by atoms with Gasteiger partial charge < -0.3 is 10.0 Å². The van der Waals surface area contributed by atoms with E-state index in [0.29, 0.717) is 5.92 Å². The lowest BCUT2D eigenvalue weighted by Crippen LogP contribution is -2.62. The Balaban J connectivity index is 1.92. The summed E-state index contributed by atoms with van der Waals surface area (Å²) < 4.78 is 0. The first-order chi connectivity index (χ1) is 7.73. The highest BCUT2D eigenvalue weighted by Gasteiger charge is 2.55. The van der Waals surface area contributed by atoms with Crippen LogP contribution in [0.2, 0.25) is 0 Å². The van der Waals surface area contributed by atoms with Gasteiger partial charge in [-0.05, 0) is 45.3 Å². The molecule has 4 nitrogen and oxygen atoms in total. The average Bonchev–Trinajstić information content (AvgIpc) is 2.90. The molecule has 2 bridgehead atoms. The maximum atomic E-state index is 11.8. The molecule has 0 aromatic heterocycles. The van der Waals surface area contributed by atoms with Gasteiger partial charge in [-0.2, -0.15) is 0 Å². The normalized spacial score (nSPS) is 43.8. The zero-order chi connectivity index (χ0) is 11.2. The molecular weight excluding hydrogens is 204 g/mol. The molecule has 16 heavy (non-hydrogen) atoms. The van der Waals surface area contributed by atoms with Gasteiger partial charge in [-0.3, -0.25) is 9.69 Å².